The van der Waals surface area contributed by atoms with Gasteiger partial charge in [0.1, 0.15) is 22.4 Å². The van der Waals surface area contributed by atoms with E-state index in [4.69, 9.17) is 18.9 Å². The summed E-state index contributed by atoms with van der Waals surface area (Å²) < 4.78 is 108. The largest absolute Gasteiger partial charge is 0.460 e. The van der Waals surface area contributed by atoms with E-state index in [1.54, 1.807) is 0 Å². The molecule has 0 aromatic heterocycles. The summed E-state index contributed by atoms with van der Waals surface area (Å²) in [5.74, 6) is 3.21. The van der Waals surface area contributed by atoms with Crippen molar-refractivity contribution in [1.29, 1.82) is 0 Å². The summed E-state index contributed by atoms with van der Waals surface area (Å²) in [7, 11) is 0. The summed E-state index contributed by atoms with van der Waals surface area (Å²) in [6, 6.07) is 0. The molecule has 0 amide bonds. The number of carbonyl (C=O) groups excluding carboxylic acids is 5. The van der Waals surface area contributed by atoms with Crippen LogP contribution in [0.4, 0.5) is 26.3 Å². The number of rotatable bonds is 12. The summed E-state index contributed by atoms with van der Waals surface area (Å²) in [4.78, 5) is 58.6. The molecular formula is C70H114F6O12. The molecule has 12 bridgehead atoms. The molecular weight excluding hydrogens is 1150 g/mol. The van der Waals surface area contributed by atoms with Crippen molar-refractivity contribution in [3.8, 4) is 0 Å². The standard InChI is InChI=1S/C16H25O2.C15H23O3.C15H23O2.C10H11F6O3.C9H17O2.5CH3/c1-4-10(2)15(17)18-16(3)13-6-11-5-12(8-13)9-14(16)7-11;1-3-10(2)13(16)18-15-7-11-4-12(8-15)6-14(17,5-11)9-15;1-3-10(2)14(16)17-15-7-11-4-12(8-15)6-13(5-11)9-15;1-2-6-5-18-4-3-8(9(11,12)13,10(14,15)16)19-7(6)17;1-6-7(2)8(10)11-9(3,4)5;;;;;/h10-14H,1,4-9H2,2-3H3;10-12,17H,1,3-9H2,2H3;10-13H,1,3-9H2,2H3;6H,1-5H2;7H,1,6H2,2-5H3;5*1H3/q5*-1;5*+1. The third-order valence-corrected chi connectivity index (χ3v) is 20.2. The molecule has 1 aliphatic heterocycles. The van der Waals surface area contributed by atoms with Gasteiger partial charge in [-0.2, -0.15) is 58.4 Å². The van der Waals surface area contributed by atoms with E-state index < -0.39 is 48.5 Å². The van der Waals surface area contributed by atoms with Gasteiger partial charge in [-0.3, -0.25) is 24.0 Å². The van der Waals surface area contributed by atoms with E-state index in [-0.39, 0.29) is 120 Å². The first kappa shape index (κ1) is 82.2. The molecule has 0 spiro atoms. The van der Waals surface area contributed by atoms with E-state index >= 15 is 0 Å². The van der Waals surface area contributed by atoms with Crippen LogP contribution < -0.4 is 0 Å². The molecule has 1 heterocycles. The molecule has 12 saturated carbocycles. The maximum atomic E-state index is 12.7. The van der Waals surface area contributed by atoms with Crippen molar-refractivity contribution in [2.24, 2.45) is 82.9 Å². The second kappa shape index (κ2) is 32.2. The fraction of sp³-hybridized carbons (Fsp3) is 0.786. The Kier molecular flexibility index (Phi) is 30.1. The highest BCUT2D eigenvalue weighted by molar-refractivity contribution is 5.74. The highest BCUT2D eigenvalue weighted by Gasteiger charge is 2.74. The summed E-state index contributed by atoms with van der Waals surface area (Å²) in [6.07, 6.45) is 8.94. The molecule has 12 aliphatic carbocycles. The lowest BCUT2D eigenvalue weighted by Gasteiger charge is -2.59. The summed E-state index contributed by atoms with van der Waals surface area (Å²) in [6.45, 7) is 32.5. The van der Waals surface area contributed by atoms with Gasteiger partial charge in [0.05, 0.1) is 24.7 Å². The van der Waals surface area contributed by atoms with Crippen molar-refractivity contribution in [2.45, 2.75) is 249 Å². The zero-order chi connectivity index (χ0) is 61.9. The van der Waals surface area contributed by atoms with Gasteiger partial charge in [0, 0.05) is 73.6 Å². The first-order valence-corrected chi connectivity index (χ1v) is 31.0. The predicted octanol–water partition coefficient (Wildman–Crippen LogP) is 16.5. The fourth-order valence-electron chi connectivity index (χ4n) is 16.1. The van der Waals surface area contributed by atoms with Gasteiger partial charge in [-0.05, 0) is 184 Å². The number of aliphatic hydroxyl groups is 1. The van der Waals surface area contributed by atoms with E-state index in [9.17, 15) is 55.4 Å². The Morgan fingerprint density at radius 1 is 0.545 bits per heavy atom. The average molecular weight is 1260 g/mol. The summed E-state index contributed by atoms with van der Waals surface area (Å²) in [5.41, 5.74) is -6.06. The van der Waals surface area contributed by atoms with E-state index in [1.165, 1.54) is 57.8 Å². The number of halogens is 6. The van der Waals surface area contributed by atoms with Gasteiger partial charge in [0.25, 0.3) is 0 Å². The van der Waals surface area contributed by atoms with Crippen LogP contribution in [-0.2, 0) is 52.4 Å². The van der Waals surface area contributed by atoms with E-state index in [0.29, 0.717) is 55.8 Å². The van der Waals surface area contributed by atoms with Crippen LogP contribution >= 0.6 is 0 Å². The van der Waals surface area contributed by atoms with E-state index in [2.05, 4.69) is 51.0 Å². The smallest absolute Gasteiger partial charge is 0.437 e. The lowest BCUT2D eigenvalue weighted by atomic mass is 9.50. The first-order chi connectivity index (χ1) is 38.5. The van der Waals surface area contributed by atoms with Crippen molar-refractivity contribution in [3.63, 3.8) is 0 Å². The summed E-state index contributed by atoms with van der Waals surface area (Å²) >= 11 is 0. The molecule has 13 aliphatic rings. The Morgan fingerprint density at radius 3 is 1.26 bits per heavy atom. The molecule has 7 atom stereocenters. The van der Waals surface area contributed by atoms with Gasteiger partial charge in [-0.15, -0.1) is 0 Å². The van der Waals surface area contributed by atoms with Gasteiger partial charge in [-0.1, -0.05) is 27.7 Å². The third-order valence-electron chi connectivity index (χ3n) is 20.2. The van der Waals surface area contributed by atoms with Crippen molar-refractivity contribution in [1.82, 2.24) is 0 Å². The van der Waals surface area contributed by atoms with Gasteiger partial charge >= 0.3 is 47.8 Å². The van der Waals surface area contributed by atoms with Crippen LogP contribution in [0.25, 0.3) is 0 Å². The number of ether oxygens (including phenoxy) is 6. The lowest BCUT2D eigenvalue weighted by Crippen LogP contribution is -2.61. The molecule has 18 heteroatoms. The van der Waals surface area contributed by atoms with Gasteiger partial charge in [0.2, 0.25) is 0 Å². The maximum absolute atomic E-state index is 12.7. The molecule has 12 nitrogen and oxygen atoms in total. The van der Waals surface area contributed by atoms with Crippen LogP contribution in [0.1, 0.15) is 203 Å². The zero-order valence-corrected chi connectivity index (χ0v) is 56.0. The molecule has 13 fully saturated rings. The number of esters is 5. The molecule has 0 radical (unpaired) electrons. The minimum absolute atomic E-state index is 0. The van der Waals surface area contributed by atoms with Crippen LogP contribution in [0.5, 0.6) is 0 Å². The first-order valence-electron chi connectivity index (χ1n) is 31.0. The quantitative estimate of drug-likeness (QED) is 0.0854. The topological polar surface area (TPSA) is 161 Å². The van der Waals surface area contributed by atoms with Crippen molar-refractivity contribution < 1.29 is 83.8 Å². The highest BCUT2D eigenvalue weighted by Crippen LogP contribution is 2.61. The number of hydrogen-bond donors (Lipinski definition) is 1. The molecule has 1 N–H and O–H groups in total. The van der Waals surface area contributed by atoms with Crippen LogP contribution in [0.15, 0.2) is 0 Å². The lowest BCUT2D eigenvalue weighted by molar-refractivity contribution is -0.376. The zero-order valence-electron chi connectivity index (χ0n) is 56.0. The molecule has 88 heavy (non-hydrogen) atoms. The summed E-state index contributed by atoms with van der Waals surface area (Å²) in [5, 5.41) is 10.6. The number of cyclic esters (lactones) is 1. The number of hydrogen-bond acceptors (Lipinski definition) is 12. The third kappa shape index (κ3) is 19.6. The second-order valence-corrected chi connectivity index (χ2v) is 28.6. The minimum Gasteiger partial charge on any atom is -0.460 e. The van der Waals surface area contributed by atoms with E-state index in [1.807, 2.05) is 48.5 Å². The highest BCUT2D eigenvalue weighted by atomic mass is 19.4. The van der Waals surface area contributed by atoms with Crippen LogP contribution in [-0.4, -0.2) is 94.1 Å². The van der Waals surface area contributed by atoms with Crippen molar-refractivity contribution >= 4 is 29.8 Å². The Bertz CT molecular complexity index is 2110. The van der Waals surface area contributed by atoms with Crippen LogP contribution in [0, 0.1) is 155 Å². The molecule has 7 unspecified atom stereocenters. The Balaban J connectivity index is 0.000000547. The van der Waals surface area contributed by atoms with Crippen molar-refractivity contribution in [3.05, 3.63) is 71.8 Å². The van der Waals surface area contributed by atoms with Crippen LogP contribution in [0.2, 0.25) is 0 Å². The fourth-order valence-corrected chi connectivity index (χ4v) is 16.1. The van der Waals surface area contributed by atoms with Crippen molar-refractivity contribution in [2.75, 3.05) is 13.2 Å². The van der Waals surface area contributed by atoms with Gasteiger partial charge < -0.3 is 68.1 Å². The molecule has 1 saturated heterocycles. The molecule has 0 aromatic carbocycles. The second-order valence-electron chi connectivity index (χ2n) is 28.6. The molecule has 508 valence electrons. The maximum Gasteiger partial charge on any atom is 0.437 e. The van der Waals surface area contributed by atoms with E-state index in [0.717, 1.165) is 74.5 Å². The SMILES string of the molecule is [CH2-]CC(C)C(=O)OC(C)(C)C.[CH2-]CC(C)C(=O)OC1(C)C2CC3CC(C2)CC1C3.[CH2-]CC(C)C(=O)OC12CC3CC(CC(C3)C1)C2.[CH2-]CC(C)C(=O)OC12CC3CC(CC(O)(C3)C1)C2.[CH2-]CC1COCCC(C(F)(F)F)(C(F)(F)F)OC1=O.[CH3+].[CH3+].[CH3+].[CH3+].[CH3+]. The molecule has 0 aromatic rings. The van der Waals surface area contributed by atoms with Crippen LogP contribution in [0.3, 0.4) is 0 Å². The Labute approximate surface area is 528 Å². The van der Waals surface area contributed by atoms with Gasteiger partial charge in [0.15, 0.2) is 0 Å². The average Bonchev–Trinajstić information content (AvgIpc) is 1.10. The predicted molar refractivity (Wildman–Crippen MR) is 331 cm³/mol. The monoisotopic (exact) mass is 1260 g/mol. The Morgan fingerprint density at radius 2 is 0.898 bits per heavy atom. The number of alkyl halides is 6. The minimum atomic E-state index is -5.77. The Hall–Kier alpha value is -3.80. The normalized spacial score (nSPS) is 35.2. The van der Waals surface area contributed by atoms with Gasteiger partial charge in [-0.25, -0.2) is 0 Å². The molecule has 13 rings (SSSR count). The number of carbonyl (C=O) groups is 5.